The van der Waals surface area contributed by atoms with Gasteiger partial charge in [-0.25, -0.2) is 4.42 Å². The van der Waals surface area contributed by atoms with Crippen LogP contribution in [0.4, 0.5) is 0 Å². The first-order chi connectivity index (χ1) is 6.16. The van der Waals surface area contributed by atoms with Crippen molar-refractivity contribution in [2.24, 2.45) is 0 Å². The standard InChI is InChI=1S/C5H6S.C4H8ClNO/c1-5-3-2-4-6-5;1-6(5)3-2-4-7/h2-4H,1H3;4H,2-3H2,1H3. The van der Waals surface area contributed by atoms with E-state index in [2.05, 4.69) is 24.4 Å². The Bertz CT molecular complexity index is 211. The SMILES string of the molecule is CN(Cl)CCC=O.Cc1cccs1. The van der Waals surface area contributed by atoms with Crippen LogP contribution in [0.1, 0.15) is 11.3 Å². The minimum atomic E-state index is 0.514. The number of aryl methyl sites for hydroxylation is 1. The van der Waals surface area contributed by atoms with Crippen LogP contribution >= 0.6 is 23.1 Å². The number of nitrogens with zero attached hydrogens (tertiary/aromatic N) is 1. The molecule has 0 aliphatic rings. The van der Waals surface area contributed by atoms with Crippen molar-refractivity contribution in [2.45, 2.75) is 13.3 Å². The van der Waals surface area contributed by atoms with Crippen LogP contribution < -0.4 is 0 Å². The summed E-state index contributed by atoms with van der Waals surface area (Å²) < 4.78 is 1.45. The number of thiophene rings is 1. The average molecular weight is 220 g/mol. The molecule has 1 rings (SSSR count). The van der Waals surface area contributed by atoms with Gasteiger partial charge in [0.05, 0.1) is 0 Å². The molecule has 0 saturated carbocycles. The zero-order chi connectivity index (χ0) is 10.1. The van der Waals surface area contributed by atoms with E-state index >= 15 is 0 Å². The molecule has 0 bridgehead atoms. The molecule has 0 N–H and O–H groups in total. The first kappa shape index (κ1) is 12.6. The molecule has 0 aromatic carbocycles. The van der Waals surface area contributed by atoms with E-state index in [4.69, 9.17) is 11.8 Å². The van der Waals surface area contributed by atoms with E-state index in [1.54, 1.807) is 18.4 Å². The van der Waals surface area contributed by atoms with Crippen LogP contribution in [0.2, 0.25) is 0 Å². The van der Waals surface area contributed by atoms with Crippen LogP contribution in [0.15, 0.2) is 17.5 Å². The third-order valence-corrected chi connectivity index (χ3v) is 2.19. The van der Waals surface area contributed by atoms with Gasteiger partial charge < -0.3 is 4.79 Å². The molecule has 2 nitrogen and oxygen atoms in total. The highest BCUT2D eigenvalue weighted by Crippen LogP contribution is 2.03. The highest BCUT2D eigenvalue weighted by molar-refractivity contribution is 7.09. The highest BCUT2D eigenvalue weighted by Gasteiger charge is 1.86. The van der Waals surface area contributed by atoms with Gasteiger partial charge in [-0.2, -0.15) is 0 Å². The summed E-state index contributed by atoms with van der Waals surface area (Å²) in [6.07, 6.45) is 1.36. The average Bonchev–Trinajstić information content (AvgIpc) is 2.53. The van der Waals surface area contributed by atoms with Crippen LogP contribution in [0, 0.1) is 6.92 Å². The summed E-state index contributed by atoms with van der Waals surface area (Å²) in [6, 6.07) is 4.16. The van der Waals surface area contributed by atoms with E-state index in [0.29, 0.717) is 13.0 Å². The van der Waals surface area contributed by atoms with Gasteiger partial charge in [0, 0.05) is 24.9 Å². The number of carbonyl (C=O) groups is 1. The summed E-state index contributed by atoms with van der Waals surface area (Å²) in [5, 5.41) is 2.08. The lowest BCUT2D eigenvalue weighted by Crippen LogP contribution is -2.05. The Morgan fingerprint density at radius 2 is 2.38 bits per heavy atom. The van der Waals surface area contributed by atoms with Crippen LogP contribution in [-0.4, -0.2) is 24.3 Å². The topological polar surface area (TPSA) is 20.3 Å². The van der Waals surface area contributed by atoms with Gasteiger partial charge >= 0.3 is 0 Å². The second-order valence-corrected chi connectivity index (χ2v) is 4.24. The van der Waals surface area contributed by atoms with Gasteiger partial charge in [-0.3, -0.25) is 0 Å². The van der Waals surface area contributed by atoms with Gasteiger partial charge in [-0.1, -0.05) is 6.07 Å². The lowest BCUT2D eigenvalue weighted by atomic mass is 10.5. The number of aldehydes is 1. The van der Waals surface area contributed by atoms with Gasteiger partial charge in [0.25, 0.3) is 0 Å². The third-order valence-electron chi connectivity index (χ3n) is 1.22. The summed E-state index contributed by atoms with van der Waals surface area (Å²) in [5.41, 5.74) is 0. The molecular weight excluding hydrogens is 206 g/mol. The van der Waals surface area contributed by atoms with Crippen molar-refractivity contribution in [3.63, 3.8) is 0 Å². The van der Waals surface area contributed by atoms with Crippen molar-refractivity contribution in [1.82, 2.24) is 4.42 Å². The second-order valence-electron chi connectivity index (χ2n) is 2.51. The summed E-state index contributed by atoms with van der Waals surface area (Å²) in [7, 11) is 1.71. The van der Waals surface area contributed by atoms with Crippen molar-refractivity contribution in [1.29, 1.82) is 0 Å². The fourth-order valence-electron chi connectivity index (χ4n) is 0.591. The third kappa shape index (κ3) is 9.53. The molecule has 0 unspecified atom stereocenters. The highest BCUT2D eigenvalue weighted by atomic mass is 35.5. The summed E-state index contributed by atoms with van der Waals surface area (Å²) in [6.45, 7) is 2.73. The Morgan fingerprint density at radius 3 is 2.54 bits per heavy atom. The van der Waals surface area contributed by atoms with Gasteiger partial charge in [-0.05, 0) is 30.1 Å². The second kappa shape index (κ2) is 8.23. The van der Waals surface area contributed by atoms with Gasteiger partial charge in [-0.15, -0.1) is 11.3 Å². The Kier molecular flexibility index (Phi) is 7.99. The van der Waals surface area contributed by atoms with Crippen LogP contribution in [0.25, 0.3) is 0 Å². The zero-order valence-electron chi connectivity index (χ0n) is 7.87. The maximum Gasteiger partial charge on any atom is 0.121 e. The maximum atomic E-state index is 9.62. The van der Waals surface area contributed by atoms with Crippen molar-refractivity contribution in [2.75, 3.05) is 13.6 Å². The van der Waals surface area contributed by atoms with Gasteiger partial charge in [0.2, 0.25) is 0 Å². The first-order valence-corrected chi connectivity index (χ1v) is 5.19. The Balaban J connectivity index is 0.000000223. The zero-order valence-corrected chi connectivity index (χ0v) is 9.44. The molecule has 0 aliphatic heterocycles. The molecule has 0 atom stereocenters. The van der Waals surface area contributed by atoms with E-state index in [0.717, 1.165) is 6.29 Å². The predicted molar refractivity (Wildman–Crippen MR) is 58.2 cm³/mol. The lowest BCUT2D eigenvalue weighted by Gasteiger charge is -1.99. The van der Waals surface area contributed by atoms with E-state index in [1.807, 2.05) is 0 Å². The van der Waals surface area contributed by atoms with Crippen molar-refractivity contribution in [3.8, 4) is 0 Å². The lowest BCUT2D eigenvalue weighted by molar-refractivity contribution is -0.107. The smallest absolute Gasteiger partial charge is 0.121 e. The minimum Gasteiger partial charge on any atom is -0.303 e. The molecule has 1 aromatic heterocycles. The number of hydrogen-bond acceptors (Lipinski definition) is 3. The van der Waals surface area contributed by atoms with E-state index in [-0.39, 0.29) is 0 Å². The molecule has 1 aromatic rings. The molecule has 0 spiro atoms. The van der Waals surface area contributed by atoms with E-state index < -0.39 is 0 Å². The molecule has 4 heteroatoms. The Morgan fingerprint density at radius 1 is 1.69 bits per heavy atom. The van der Waals surface area contributed by atoms with E-state index in [1.165, 1.54) is 9.30 Å². The molecule has 0 fully saturated rings. The number of hydrogen-bond donors (Lipinski definition) is 0. The molecule has 0 saturated heterocycles. The van der Waals surface area contributed by atoms with Crippen molar-refractivity contribution < 1.29 is 4.79 Å². The van der Waals surface area contributed by atoms with Crippen LogP contribution in [-0.2, 0) is 4.79 Å². The normalized spacial score (nSPS) is 9.23. The largest absolute Gasteiger partial charge is 0.303 e. The molecular formula is C9H14ClNOS. The molecule has 74 valence electrons. The quantitative estimate of drug-likeness (QED) is 0.576. The fourth-order valence-corrected chi connectivity index (χ4v) is 1.22. The van der Waals surface area contributed by atoms with Gasteiger partial charge in [0.1, 0.15) is 6.29 Å². The molecule has 0 radical (unpaired) electrons. The molecule has 0 aliphatic carbocycles. The summed E-state index contributed by atoms with van der Waals surface area (Å²) in [4.78, 5) is 11.0. The number of halogens is 1. The molecule has 0 amide bonds. The molecule has 1 heterocycles. The number of rotatable bonds is 3. The van der Waals surface area contributed by atoms with Crippen LogP contribution in [0.5, 0.6) is 0 Å². The summed E-state index contributed by atoms with van der Waals surface area (Å²) >= 11 is 7.11. The minimum absolute atomic E-state index is 0.514. The predicted octanol–water partition coefficient (Wildman–Crippen LogP) is 2.72. The Hall–Kier alpha value is -0.380. The fraction of sp³-hybridized carbons (Fsp3) is 0.444. The first-order valence-electron chi connectivity index (χ1n) is 3.97. The van der Waals surface area contributed by atoms with Crippen LogP contribution in [0.3, 0.4) is 0 Å². The summed E-state index contributed by atoms with van der Waals surface area (Å²) in [5.74, 6) is 0. The number of carbonyl (C=O) groups excluding carboxylic acids is 1. The van der Waals surface area contributed by atoms with Gasteiger partial charge in [0.15, 0.2) is 0 Å². The Labute approximate surface area is 88.2 Å². The van der Waals surface area contributed by atoms with Crippen molar-refractivity contribution in [3.05, 3.63) is 22.4 Å². The van der Waals surface area contributed by atoms with Crippen molar-refractivity contribution >= 4 is 29.4 Å². The van der Waals surface area contributed by atoms with E-state index in [9.17, 15) is 4.79 Å². The maximum absolute atomic E-state index is 9.62. The molecule has 13 heavy (non-hydrogen) atoms. The monoisotopic (exact) mass is 219 g/mol.